The molecule has 4 heteroatoms. The third kappa shape index (κ3) is 2.91. The Morgan fingerprint density at radius 2 is 2.20 bits per heavy atom. The van der Waals surface area contributed by atoms with Gasteiger partial charge in [0.1, 0.15) is 11.5 Å². The summed E-state index contributed by atoms with van der Waals surface area (Å²) in [6.45, 7) is 0.756. The molecular formula is C16H23NO3. The van der Waals surface area contributed by atoms with Crippen molar-refractivity contribution in [2.75, 3.05) is 13.7 Å². The number of aliphatic hydroxyl groups is 1. The van der Waals surface area contributed by atoms with Gasteiger partial charge in [-0.1, -0.05) is 6.07 Å². The minimum absolute atomic E-state index is 0.134. The maximum Gasteiger partial charge on any atom is 0.127 e. The summed E-state index contributed by atoms with van der Waals surface area (Å²) in [5, 5.41) is 13.4. The lowest BCUT2D eigenvalue weighted by Gasteiger charge is -2.23. The Kier molecular flexibility index (Phi) is 4.13. The molecule has 1 aromatic rings. The van der Waals surface area contributed by atoms with Crippen LogP contribution in [-0.2, 0) is 0 Å². The molecule has 110 valence electrons. The fourth-order valence-corrected chi connectivity index (χ4v) is 3.25. The second-order valence-electron chi connectivity index (χ2n) is 5.78. The van der Waals surface area contributed by atoms with E-state index in [1.807, 2.05) is 12.1 Å². The molecule has 0 bridgehead atoms. The molecule has 3 atom stereocenters. The van der Waals surface area contributed by atoms with Gasteiger partial charge >= 0.3 is 0 Å². The molecule has 1 saturated carbocycles. The van der Waals surface area contributed by atoms with Gasteiger partial charge < -0.3 is 19.9 Å². The number of benzene rings is 1. The van der Waals surface area contributed by atoms with Crippen molar-refractivity contribution in [2.24, 2.45) is 0 Å². The monoisotopic (exact) mass is 277 g/mol. The molecule has 0 saturated heterocycles. The van der Waals surface area contributed by atoms with Gasteiger partial charge in [-0.3, -0.25) is 0 Å². The second kappa shape index (κ2) is 6.02. The number of methoxy groups -OCH3 is 1. The van der Waals surface area contributed by atoms with Crippen molar-refractivity contribution in [1.82, 2.24) is 5.32 Å². The molecule has 1 heterocycles. The molecule has 1 unspecified atom stereocenters. The molecular weight excluding hydrogens is 254 g/mol. The average molecular weight is 277 g/mol. The van der Waals surface area contributed by atoms with Gasteiger partial charge in [-0.15, -0.1) is 0 Å². The Hall–Kier alpha value is -1.26. The molecule has 0 spiro atoms. The van der Waals surface area contributed by atoms with Gasteiger partial charge in [-0.05, 0) is 38.2 Å². The van der Waals surface area contributed by atoms with Crippen LogP contribution in [0.25, 0.3) is 0 Å². The molecule has 1 aromatic carbocycles. The highest BCUT2D eigenvalue weighted by Gasteiger charge is 2.27. The van der Waals surface area contributed by atoms with Crippen molar-refractivity contribution in [3.63, 3.8) is 0 Å². The molecule has 2 aliphatic rings. The van der Waals surface area contributed by atoms with Crippen LogP contribution < -0.4 is 14.8 Å². The van der Waals surface area contributed by atoms with E-state index in [1.54, 1.807) is 7.11 Å². The van der Waals surface area contributed by atoms with Crippen molar-refractivity contribution in [3.8, 4) is 11.5 Å². The normalized spacial score (nSPS) is 29.4. The summed E-state index contributed by atoms with van der Waals surface area (Å²) in [6.07, 6.45) is 4.82. The first-order valence-electron chi connectivity index (χ1n) is 7.51. The molecule has 20 heavy (non-hydrogen) atoms. The third-order valence-corrected chi connectivity index (χ3v) is 4.33. The Bertz CT molecular complexity index is 463. The molecule has 3 rings (SSSR count). The lowest BCUT2D eigenvalue weighted by molar-refractivity contribution is 0.178. The van der Waals surface area contributed by atoms with E-state index in [0.29, 0.717) is 12.1 Å². The lowest BCUT2D eigenvalue weighted by Crippen LogP contribution is -2.31. The SMILES string of the molecule is COc1ccc2c(c1)OCCCC2N[C@H]1CC[C@@H](O)C1. The number of hydrogen-bond acceptors (Lipinski definition) is 4. The molecule has 4 nitrogen and oxygen atoms in total. The van der Waals surface area contributed by atoms with Crippen LogP contribution in [-0.4, -0.2) is 31.0 Å². The van der Waals surface area contributed by atoms with E-state index < -0.39 is 0 Å². The van der Waals surface area contributed by atoms with E-state index >= 15 is 0 Å². The summed E-state index contributed by atoms with van der Waals surface area (Å²) in [5.41, 5.74) is 1.21. The van der Waals surface area contributed by atoms with Crippen LogP contribution in [0.5, 0.6) is 11.5 Å². The minimum atomic E-state index is -0.134. The van der Waals surface area contributed by atoms with Crippen LogP contribution >= 0.6 is 0 Å². The predicted molar refractivity (Wildman–Crippen MR) is 77.2 cm³/mol. The van der Waals surface area contributed by atoms with Gasteiger partial charge in [0.25, 0.3) is 0 Å². The fourth-order valence-electron chi connectivity index (χ4n) is 3.25. The van der Waals surface area contributed by atoms with E-state index in [2.05, 4.69) is 11.4 Å². The fraction of sp³-hybridized carbons (Fsp3) is 0.625. The van der Waals surface area contributed by atoms with E-state index in [-0.39, 0.29) is 6.10 Å². The van der Waals surface area contributed by atoms with Crippen molar-refractivity contribution < 1.29 is 14.6 Å². The summed E-state index contributed by atoms with van der Waals surface area (Å²) >= 11 is 0. The Morgan fingerprint density at radius 1 is 1.30 bits per heavy atom. The predicted octanol–water partition coefficient (Wildman–Crippen LogP) is 2.41. The van der Waals surface area contributed by atoms with Crippen molar-refractivity contribution in [2.45, 2.75) is 50.3 Å². The number of aliphatic hydroxyl groups excluding tert-OH is 1. The van der Waals surface area contributed by atoms with Gasteiger partial charge in [0.05, 0.1) is 19.8 Å². The van der Waals surface area contributed by atoms with Crippen LogP contribution in [0.4, 0.5) is 0 Å². The van der Waals surface area contributed by atoms with Gasteiger partial charge in [0.15, 0.2) is 0 Å². The second-order valence-corrected chi connectivity index (χ2v) is 5.78. The highest BCUT2D eigenvalue weighted by atomic mass is 16.5. The number of rotatable bonds is 3. The highest BCUT2D eigenvalue weighted by Crippen LogP contribution is 2.35. The Labute approximate surface area is 120 Å². The zero-order chi connectivity index (χ0) is 13.9. The molecule has 1 aliphatic heterocycles. The van der Waals surface area contributed by atoms with Crippen molar-refractivity contribution in [1.29, 1.82) is 0 Å². The molecule has 2 N–H and O–H groups in total. The Morgan fingerprint density at radius 3 is 2.95 bits per heavy atom. The molecule has 1 aliphatic carbocycles. The van der Waals surface area contributed by atoms with E-state index in [1.165, 1.54) is 5.56 Å². The molecule has 1 fully saturated rings. The number of ether oxygens (including phenoxy) is 2. The first-order chi connectivity index (χ1) is 9.76. The van der Waals surface area contributed by atoms with Crippen LogP contribution in [0.3, 0.4) is 0 Å². The molecule has 0 radical (unpaired) electrons. The average Bonchev–Trinajstić information content (AvgIpc) is 2.76. The molecule has 0 aromatic heterocycles. The first-order valence-corrected chi connectivity index (χ1v) is 7.51. The minimum Gasteiger partial charge on any atom is -0.497 e. The zero-order valence-electron chi connectivity index (χ0n) is 12.0. The van der Waals surface area contributed by atoms with Crippen LogP contribution in [0.15, 0.2) is 18.2 Å². The Balaban J connectivity index is 1.78. The zero-order valence-corrected chi connectivity index (χ0v) is 12.0. The smallest absolute Gasteiger partial charge is 0.127 e. The summed E-state index contributed by atoms with van der Waals surface area (Å²) < 4.78 is 11.1. The lowest BCUT2D eigenvalue weighted by atomic mass is 10.0. The largest absolute Gasteiger partial charge is 0.497 e. The molecule has 0 amide bonds. The summed E-state index contributed by atoms with van der Waals surface area (Å²) in [6, 6.07) is 6.80. The van der Waals surface area contributed by atoms with Gasteiger partial charge in [-0.2, -0.15) is 0 Å². The number of fused-ring (bicyclic) bond motifs is 1. The van der Waals surface area contributed by atoms with E-state index in [0.717, 1.165) is 50.2 Å². The number of hydrogen-bond donors (Lipinski definition) is 2. The first kappa shape index (κ1) is 13.7. The van der Waals surface area contributed by atoms with Crippen LogP contribution in [0, 0.1) is 0 Å². The summed E-state index contributed by atoms with van der Waals surface area (Å²) in [4.78, 5) is 0. The van der Waals surface area contributed by atoms with Gasteiger partial charge in [0, 0.05) is 23.7 Å². The topological polar surface area (TPSA) is 50.7 Å². The van der Waals surface area contributed by atoms with E-state index in [4.69, 9.17) is 9.47 Å². The number of nitrogens with one attached hydrogen (secondary N) is 1. The van der Waals surface area contributed by atoms with Crippen molar-refractivity contribution in [3.05, 3.63) is 23.8 Å². The van der Waals surface area contributed by atoms with Crippen LogP contribution in [0.1, 0.15) is 43.7 Å². The van der Waals surface area contributed by atoms with Crippen molar-refractivity contribution >= 4 is 0 Å². The quantitative estimate of drug-likeness (QED) is 0.891. The third-order valence-electron chi connectivity index (χ3n) is 4.33. The van der Waals surface area contributed by atoms with E-state index in [9.17, 15) is 5.11 Å². The maximum absolute atomic E-state index is 9.67. The van der Waals surface area contributed by atoms with Gasteiger partial charge in [0.2, 0.25) is 0 Å². The summed E-state index contributed by atoms with van der Waals surface area (Å²) in [7, 11) is 1.67. The standard InChI is InChI=1S/C16H23NO3/c1-19-13-6-7-14-15(3-2-8-20-16(14)10-13)17-11-4-5-12(18)9-11/h6-7,10-12,15,17-18H,2-5,8-9H2,1H3/t11-,12+,15?/m0/s1. The maximum atomic E-state index is 9.67. The highest BCUT2D eigenvalue weighted by molar-refractivity contribution is 5.43. The van der Waals surface area contributed by atoms with Gasteiger partial charge in [-0.25, -0.2) is 0 Å². The summed E-state index contributed by atoms with van der Waals surface area (Å²) in [5.74, 6) is 1.76. The van der Waals surface area contributed by atoms with Crippen LogP contribution in [0.2, 0.25) is 0 Å².